The highest BCUT2D eigenvalue weighted by atomic mass is 32.2. The summed E-state index contributed by atoms with van der Waals surface area (Å²) in [6.45, 7) is 3.78. The predicted molar refractivity (Wildman–Crippen MR) is 84.5 cm³/mol. The molecule has 2 N–H and O–H groups in total. The number of rotatable bonds is 7. The molecule has 0 unspecified atom stereocenters. The summed E-state index contributed by atoms with van der Waals surface area (Å²) >= 11 is 1.98. The van der Waals surface area contributed by atoms with Crippen molar-refractivity contribution in [1.29, 1.82) is 0 Å². The van der Waals surface area contributed by atoms with Crippen LogP contribution >= 0.6 is 11.8 Å². The lowest BCUT2D eigenvalue weighted by Gasteiger charge is -2.28. The molecule has 1 amide bonds. The van der Waals surface area contributed by atoms with Crippen molar-refractivity contribution in [3.05, 3.63) is 0 Å². The molecule has 0 radical (unpaired) electrons. The van der Waals surface area contributed by atoms with Crippen molar-refractivity contribution in [1.82, 2.24) is 10.2 Å². The third-order valence-electron chi connectivity index (χ3n) is 4.58. The molecular formula is C15H26N2O3S. The van der Waals surface area contributed by atoms with Crippen molar-refractivity contribution in [3.63, 3.8) is 0 Å². The molecule has 2 rings (SSSR count). The van der Waals surface area contributed by atoms with Crippen LogP contribution in [0.2, 0.25) is 0 Å². The van der Waals surface area contributed by atoms with Gasteiger partial charge in [0.05, 0.1) is 6.42 Å². The molecular weight excluding hydrogens is 288 g/mol. The SMILES string of the molecule is O=C(O)CC1(CC(=O)NCCN2CCSCC2)CCCC1. The van der Waals surface area contributed by atoms with Crippen LogP contribution in [0.25, 0.3) is 0 Å². The van der Waals surface area contributed by atoms with Crippen LogP contribution < -0.4 is 5.32 Å². The molecule has 1 heterocycles. The summed E-state index contributed by atoms with van der Waals surface area (Å²) in [5, 5.41) is 12.0. The normalized spacial score (nSPS) is 22.1. The summed E-state index contributed by atoms with van der Waals surface area (Å²) in [4.78, 5) is 25.5. The first-order valence-electron chi connectivity index (χ1n) is 7.88. The van der Waals surface area contributed by atoms with Gasteiger partial charge in [-0.25, -0.2) is 0 Å². The lowest BCUT2D eigenvalue weighted by Crippen LogP contribution is -2.40. The van der Waals surface area contributed by atoms with E-state index in [-0.39, 0.29) is 17.7 Å². The molecule has 1 aliphatic carbocycles. The first-order valence-corrected chi connectivity index (χ1v) is 9.04. The highest BCUT2D eigenvalue weighted by Gasteiger charge is 2.37. The zero-order valence-electron chi connectivity index (χ0n) is 12.6. The van der Waals surface area contributed by atoms with Crippen molar-refractivity contribution in [3.8, 4) is 0 Å². The molecule has 6 heteroatoms. The molecule has 1 aliphatic heterocycles. The molecule has 0 spiro atoms. The van der Waals surface area contributed by atoms with Crippen molar-refractivity contribution in [2.24, 2.45) is 5.41 Å². The Bertz CT molecular complexity index is 364. The van der Waals surface area contributed by atoms with E-state index >= 15 is 0 Å². The fourth-order valence-electron chi connectivity index (χ4n) is 3.44. The van der Waals surface area contributed by atoms with Gasteiger partial charge in [-0.3, -0.25) is 14.5 Å². The summed E-state index contributed by atoms with van der Waals surface area (Å²) in [5.74, 6) is 1.59. The maximum Gasteiger partial charge on any atom is 0.303 e. The molecule has 5 nitrogen and oxygen atoms in total. The predicted octanol–water partition coefficient (Wildman–Crippen LogP) is 1.58. The Morgan fingerprint density at radius 3 is 2.43 bits per heavy atom. The van der Waals surface area contributed by atoms with Gasteiger partial charge in [0, 0.05) is 44.1 Å². The third kappa shape index (κ3) is 5.51. The van der Waals surface area contributed by atoms with Gasteiger partial charge in [0.1, 0.15) is 0 Å². The van der Waals surface area contributed by atoms with Crippen molar-refractivity contribution < 1.29 is 14.7 Å². The van der Waals surface area contributed by atoms with E-state index in [1.54, 1.807) is 0 Å². The first-order chi connectivity index (χ1) is 10.1. The fourth-order valence-corrected chi connectivity index (χ4v) is 4.42. The quantitative estimate of drug-likeness (QED) is 0.746. The van der Waals surface area contributed by atoms with Crippen molar-refractivity contribution in [2.45, 2.75) is 38.5 Å². The number of hydrogen-bond donors (Lipinski definition) is 2. The number of carboxylic acids is 1. The van der Waals surface area contributed by atoms with E-state index in [1.807, 2.05) is 11.8 Å². The lowest BCUT2D eigenvalue weighted by molar-refractivity contribution is -0.140. The number of carbonyl (C=O) groups excluding carboxylic acids is 1. The van der Waals surface area contributed by atoms with Crippen LogP contribution in [0.4, 0.5) is 0 Å². The van der Waals surface area contributed by atoms with Crippen LogP contribution in [0.1, 0.15) is 38.5 Å². The Morgan fingerprint density at radius 1 is 1.14 bits per heavy atom. The summed E-state index contributed by atoms with van der Waals surface area (Å²) < 4.78 is 0. The van der Waals surface area contributed by atoms with Crippen LogP contribution in [0.5, 0.6) is 0 Å². The maximum absolute atomic E-state index is 12.1. The molecule has 21 heavy (non-hydrogen) atoms. The van der Waals surface area contributed by atoms with E-state index in [2.05, 4.69) is 10.2 Å². The van der Waals surface area contributed by atoms with Gasteiger partial charge in [-0.15, -0.1) is 0 Å². The minimum atomic E-state index is -0.782. The van der Waals surface area contributed by atoms with Gasteiger partial charge >= 0.3 is 5.97 Å². The molecule has 0 aromatic rings. The monoisotopic (exact) mass is 314 g/mol. The lowest BCUT2D eigenvalue weighted by atomic mass is 9.79. The van der Waals surface area contributed by atoms with Gasteiger partial charge in [0.2, 0.25) is 5.91 Å². The number of nitrogens with one attached hydrogen (secondary N) is 1. The number of nitrogens with zero attached hydrogens (tertiary/aromatic N) is 1. The van der Waals surface area contributed by atoms with Gasteiger partial charge in [0.15, 0.2) is 0 Å². The zero-order valence-corrected chi connectivity index (χ0v) is 13.4. The van der Waals surface area contributed by atoms with Gasteiger partial charge in [-0.2, -0.15) is 11.8 Å². The Kier molecular flexibility index (Phi) is 6.36. The summed E-state index contributed by atoms with van der Waals surface area (Å²) in [6.07, 6.45) is 4.34. The van der Waals surface area contributed by atoms with Crippen LogP contribution in [-0.4, -0.2) is 59.6 Å². The summed E-state index contributed by atoms with van der Waals surface area (Å²) in [6, 6.07) is 0. The van der Waals surface area contributed by atoms with Gasteiger partial charge in [-0.1, -0.05) is 12.8 Å². The second kappa shape index (κ2) is 8.03. The molecule has 2 fully saturated rings. The largest absolute Gasteiger partial charge is 0.481 e. The Morgan fingerprint density at radius 2 is 1.81 bits per heavy atom. The molecule has 2 aliphatic rings. The van der Waals surface area contributed by atoms with Gasteiger partial charge in [-0.05, 0) is 18.3 Å². The van der Waals surface area contributed by atoms with Crippen molar-refractivity contribution >= 4 is 23.6 Å². The van der Waals surface area contributed by atoms with Crippen LogP contribution in [-0.2, 0) is 9.59 Å². The van der Waals surface area contributed by atoms with E-state index in [9.17, 15) is 9.59 Å². The second-order valence-electron chi connectivity index (χ2n) is 6.26. The zero-order chi connectivity index (χ0) is 15.1. The van der Waals surface area contributed by atoms with Crippen LogP contribution in [0, 0.1) is 5.41 Å². The number of hydrogen-bond acceptors (Lipinski definition) is 4. The number of thioether (sulfide) groups is 1. The molecule has 0 aromatic heterocycles. The Hall–Kier alpha value is -0.750. The molecule has 1 saturated heterocycles. The summed E-state index contributed by atoms with van der Waals surface area (Å²) in [7, 11) is 0. The molecule has 0 bridgehead atoms. The maximum atomic E-state index is 12.1. The minimum absolute atomic E-state index is 0.0181. The van der Waals surface area contributed by atoms with Gasteiger partial charge < -0.3 is 10.4 Å². The Labute approximate surface area is 130 Å². The highest BCUT2D eigenvalue weighted by molar-refractivity contribution is 7.99. The molecule has 120 valence electrons. The van der Waals surface area contributed by atoms with E-state index < -0.39 is 5.97 Å². The van der Waals surface area contributed by atoms with Crippen molar-refractivity contribution in [2.75, 3.05) is 37.7 Å². The van der Waals surface area contributed by atoms with Crippen LogP contribution in [0.3, 0.4) is 0 Å². The van der Waals surface area contributed by atoms with E-state index in [0.29, 0.717) is 13.0 Å². The minimum Gasteiger partial charge on any atom is -0.481 e. The molecule has 1 saturated carbocycles. The number of aliphatic carboxylic acids is 1. The average Bonchev–Trinajstić information content (AvgIpc) is 2.87. The topological polar surface area (TPSA) is 69.6 Å². The average molecular weight is 314 g/mol. The molecule has 0 aromatic carbocycles. The third-order valence-corrected chi connectivity index (χ3v) is 5.52. The molecule has 0 atom stereocenters. The van der Waals surface area contributed by atoms with E-state index in [4.69, 9.17) is 5.11 Å². The standard InChI is InChI=1S/C15H26N2O3S/c18-13(16-5-6-17-7-9-21-10-8-17)11-15(12-14(19)20)3-1-2-4-15/h1-12H2,(H,16,18)(H,19,20). The Balaban J connectivity index is 1.70. The highest BCUT2D eigenvalue weighted by Crippen LogP contribution is 2.43. The summed E-state index contributed by atoms with van der Waals surface area (Å²) in [5.41, 5.74) is -0.294. The number of carbonyl (C=O) groups is 2. The van der Waals surface area contributed by atoms with Crippen LogP contribution in [0.15, 0.2) is 0 Å². The fraction of sp³-hybridized carbons (Fsp3) is 0.867. The smallest absolute Gasteiger partial charge is 0.303 e. The number of amides is 1. The van der Waals surface area contributed by atoms with E-state index in [0.717, 1.165) is 45.3 Å². The second-order valence-corrected chi connectivity index (χ2v) is 7.48. The first kappa shape index (κ1) is 16.6. The van der Waals surface area contributed by atoms with E-state index in [1.165, 1.54) is 11.5 Å². The number of carboxylic acid groups (broad SMARTS) is 1. The van der Waals surface area contributed by atoms with Gasteiger partial charge in [0.25, 0.3) is 0 Å².